The summed E-state index contributed by atoms with van der Waals surface area (Å²) in [6.45, 7) is 4.21. The number of carboxylic acids is 1. The molecule has 0 spiro atoms. The molecule has 1 heterocycles. The lowest BCUT2D eigenvalue weighted by Crippen LogP contribution is -2.53. The maximum atomic E-state index is 12.9. The van der Waals surface area contributed by atoms with Crippen LogP contribution in [-0.2, 0) is 9.59 Å². The number of rotatable bonds is 7. The van der Waals surface area contributed by atoms with Crippen molar-refractivity contribution in [2.24, 2.45) is 11.3 Å². The van der Waals surface area contributed by atoms with E-state index in [0.29, 0.717) is 19.0 Å². The molecule has 1 aliphatic heterocycles. The molecule has 2 aliphatic rings. The van der Waals surface area contributed by atoms with Gasteiger partial charge in [0.25, 0.3) is 0 Å². The Morgan fingerprint density at radius 1 is 1.40 bits per heavy atom. The molecule has 2 rings (SSSR count). The van der Waals surface area contributed by atoms with E-state index in [4.69, 9.17) is 5.11 Å². The van der Waals surface area contributed by atoms with E-state index in [1.54, 1.807) is 4.90 Å². The van der Waals surface area contributed by atoms with Crippen LogP contribution in [0.15, 0.2) is 0 Å². The average molecular weight is 282 g/mol. The van der Waals surface area contributed by atoms with Crippen LogP contribution in [0.5, 0.6) is 0 Å². The second kappa shape index (κ2) is 6.57. The van der Waals surface area contributed by atoms with E-state index in [2.05, 4.69) is 12.2 Å². The number of hydrogen-bond donors (Lipinski definition) is 2. The normalized spacial score (nSPS) is 26.2. The predicted molar refractivity (Wildman–Crippen MR) is 76.4 cm³/mol. The Balaban J connectivity index is 2.10. The number of nitrogens with zero attached hydrogens (tertiary/aromatic N) is 1. The Kier molecular flexibility index (Phi) is 5.02. The van der Waals surface area contributed by atoms with Crippen molar-refractivity contribution in [3.05, 3.63) is 0 Å². The summed E-state index contributed by atoms with van der Waals surface area (Å²) in [7, 11) is 0. The van der Waals surface area contributed by atoms with Gasteiger partial charge in [-0.15, -0.1) is 0 Å². The van der Waals surface area contributed by atoms with Crippen LogP contribution >= 0.6 is 0 Å². The molecule has 0 aromatic rings. The van der Waals surface area contributed by atoms with E-state index < -0.39 is 5.97 Å². The molecular formula is C15H26N2O3. The molecule has 0 aromatic carbocycles. The van der Waals surface area contributed by atoms with Crippen molar-refractivity contribution in [1.82, 2.24) is 10.2 Å². The van der Waals surface area contributed by atoms with Gasteiger partial charge in [-0.25, -0.2) is 0 Å². The first-order valence-electron chi connectivity index (χ1n) is 7.79. The monoisotopic (exact) mass is 282 g/mol. The molecule has 1 saturated carbocycles. The Bertz CT molecular complexity index is 355. The molecule has 1 saturated heterocycles. The lowest BCUT2D eigenvalue weighted by atomic mass is 9.75. The van der Waals surface area contributed by atoms with E-state index >= 15 is 0 Å². The first-order valence-corrected chi connectivity index (χ1v) is 7.79. The molecule has 2 N–H and O–H groups in total. The van der Waals surface area contributed by atoms with Gasteiger partial charge in [0.2, 0.25) is 5.91 Å². The van der Waals surface area contributed by atoms with Crippen LogP contribution < -0.4 is 5.32 Å². The third-order valence-corrected chi connectivity index (χ3v) is 4.44. The van der Waals surface area contributed by atoms with Gasteiger partial charge in [0.05, 0.1) is 5.41 Å². The Hall–Kier alpha value is -1.10. The van der Waals surface area contributed by atoms with Crippen LogP contribution in [0.4, 0.5) is 0 Å². The summed E-state index contributed by atoms with van der Waals surface area (Å²) in [4.78, 5) is 25.6. The first-order chi connectivity index (χ1) is 9.57. The zero-order valence-corrected chi connectivity index (χ0v) is 12.4. The van der Waals surface area contributed by atoms with Crippen molar-refractivity contribution in [1.29, 1.82) is 0 Å². The van der Waals surface area contributed by atoms with E-state index in [1.165, 1.54) is 0 Å². The minimum absolute atomic E-state index is 0.0563. The van der Waals surface area contributed by atoms with Crippen molar-refractivity contribution in [3.63, 3.8) is 0 Å². The zero-order valence-electron chi connectivity index (χ0n) is 12.4. The van der Waals surface area contributed by atoms with Crippen LogP contribution in [-0.4, -0.2) is 48.1 Å². The minimum atomic E-state index is -0.908. The highest BCUT2D eigenvalue weighted by Gasteiger charge is 2.42. The molecule has 1 aliphatic carbocycles. The summed E-state index contributed by atoms with van der Waals surface area (Å²) in [5.41, 5.74) is -0.378. The molecule has 5 heteroatoms. The van der Waals surface area contributed by atoms with E-state index in [0.717, 1.165) is 45.1 Å². The maximum Gasteiger partial charge on any atom is 0.323 e. The fraction of sp³-hybridized carbons (Fsp3) is 0.867. The molecule has 0 radical (unpaired) electrons. The van der Waals surface area contributed by atoms with Gasteiger partial charge in [0, 0.05) is 13.1 Å². The van der Waals surface area contributed by atoms with Crippen LogP contribution in [0.1, 0.15) is 45.4 Å². The molecule has 1 unspecified atom stereocenters. The van der Waals surface area contributed by atoms with Gasteiger partial charge in [-0.2, -0.15) is 0 Å². The highest BCUT2D eigenvalue weighted by molar-refractivity contribution is 5.86. The summed E-state index contributed by atoms with van der Waals surface area (Å²) in [6, 6.07) is 0. The predicted octanol–water partition coefficient (Wildman–Crippen LogP) is 1.48. The van der Waals surface area contributed by atoms with Gasteiger partial charge in [-0.3, -0.25) is 9.59 Å². The quantitative estimate of drug-likeness (QED) is 0.742. The lowest BCUT2D eigenvalue weighted by Gasteiger charge is -2.39. The topological polar surface area (TPSA) is 69.6 Å². The molecular weight excluding hydrogens is 256 g/mol. The number of carbonyl (C=O) groups excluding carboxylic acids is 1. The highest BCUT2D eigenvalue weighted by Crippen LogP contribution is 2.36. The van der Waals surface area contributed by atoms with Gasteiger partial charge in [-0.1, -0.05) is 13.3 Å². The number of aliphatic carboxylic acids is 1. The standard InChI is InChI=1S/C15H26N2O3/c1-2-6-15(7-3-8-16-11-15)14(20)17(10-13(18)19)9-12-4-5-12/h12,16H,2-11H2,1H3,(H,18,19). The summed E-state index contributed by atoms with van der Waals surface area (Å²) in [5, 5.41) is 12.4. The van der Waals surface area contributed by atoms with Crippen molar-refractivity contribution < 1.29 is 14.7 Å². The Morgan fingerprint density at radius 2 is 2.15 bits per heavy atom. The fourth-order valence-corrected chi connectivity index (χ4v) is 3.28. The number of carbonyl (C=O) groups is 2. The number of hydrogen-bond acceptors (Lipinski definition) is 3. The fourth-order valence-electron chi connectivity index (χ4n) is 3.28. The smallest absolute Gasteiger partial charge is 0.323 e. The van der Waals surface area contributed by atoms with Gasteiger partial charge in [0.1, 0.15) is 6.54 Å². The zero-order chi connectivity index (χ0) is 14.6. The third kappa shape index (κ3) is 3.72. The Morgan fingerprint density at radius 3 is 2.65 bits per heavy atom. The Labute approximate surface area is 120 Å². The number of piperidine rings is 1. The molecule has 0 aromatic heterocycles. The summed E-state index contributed by atoms with van der Waals surface area (Å²) < 4.78 is 0. The highest BCUT2D eigenvalue weighted by atomic mass is 16.4. The van der Waals surface area contributed by atoms with Crippen LogP contribution in [0.25, 0.3) is 0 Å². The molecule has 2 fully saturated rings. The summed E-state index contributed by atoms with van der Waals surface area (Å²) in [6.07, 6.45) is 5.94. The molecule has 20 heavy (non-hydrogen) atoms. The van der Waals surface area contributed by atoms with Crippen molar-refractivity contribution in [2.45, 2.75) is 45.4 Å². The van der Waals surface area contributed by atoms with Crippen molar-refractivity contribution >= 4 is 11.9 Å². The summed E-state index contributed by atoms with van der Waals surface area (Å²) >= 11 is 0. The number of amides is 1. The minimum Gasteiger partial charge on any atom is -0.480 e. The van der Waals surface area contributed by atoms with Gasteiger partial charge in [-0.05, 0) is 44.6 Å². The summed E-state index contributed by atoms with van der Waals surface area (Å²) in [5.74, 6) is -0.330. The van der Waals surface area contributed by atoms with Gasteiger partial charge in [0.15, 0.2) is 0 Å². The number of carboxylic acid groups (broad SMARTS) is 1. The SMILES string of the molecule is CCCC1(C(=O)N(CC(=O)O)CC2CC2)CCCNC1. The second-order valence-electron chi connectivity index (χ2n) is 6.33. The van der Waals surface area contributed by atoms with Gasteiger partial charge >= 0.3 is 5.97 Å². The van der Waals surface area contributed by atoms with Crippen molar-refractivity contribution in [3.8, 4) is 0 Å². The van der Waals surface area contributed by atoms with Crippen LogP contribution in [0.3, 0.4) is 0 Å². The first kappa shape index (κ1) is 15.3. The molecule has 1 atom stereocenters. The van der Waals surface area contributed by atoms with Gasteiger partial charge < -0.3 is 15.3 Å². The van der Waals surface area contributed by atoms with Crippen LogP contribution in [0, 0.1) is 11.3 Å². The number of nitrogens with one attached hydrogen (secondary N) is 1. The van der Waals surface area contributed by atoms with Crippen LogP contribution in [0.2, 0.25) is 0 Å². The largest absolute Gasteiger partial charge is 0.480 e. The van der Waals surface area contributed by atoms with E-state index in [1.807, 2.05) is 0 Å². The molecule has 5 nitrogen and oxygen atoms in total. The van der Waals surface area contributed by atoms with E-state index in [-0.39, 0.29) is 17.9 Å². The third-order valence-electron chi connectivity index (χ3n) is 4.44. The second-order valence-corrected chi connectivity index (χ2v) is 6.33. The van der Waals surface area contributed by atoms with E-state index in [9.17, 15) is 9.59 Å². The average Bonchev–Trinajstić information content (AvgIpc) is 3.22. The molecule has 1 amide bonds. The maximum absolute atomic E-state index is 12.9. The molecule has 114 valence electrons. The van der Waals surface area contributed by atoms with Crippen molar-refractivity contribution in [2.75, 3.05) is 26.2 Å². The lowest BCUT2D eigenvalue weighted by molar-refractivity contribution is -0.151. The molecule has 0 bridgehead atoms.